The predicted molar refractivity (Wildman–Crippen MR) is 78.3 cm³/mol. The van der Waals surface area contributed by atoms with Gasteiger partial charge in [-0.2, -0.15) is 0 Å². The fourth-order valence-corrected chi connectivity index (χ4v) is 1.73. The lowest BCUT2D eigenvalue weighted by Gasteiger charge is -2.29. The summed E-state index contributed by atoms with van der Waals surface area (Å²) in [7, 11) is 0. The summed E-state index contributed by atoms with van der Waals surface area (Å²) in [6.07, 6.45) is -0.467. The van der Waals surface area contributed by atoms with Crippen LogP contribution in [0, 0.1) is 0 Å². The Balaban J connectivity index is 2.86. The topological polar surface area (TPSA) is 64.3 Å². The van der Waals surface area contributed by atoms with Crippen molar-refractivity contribution in [3.63, 3.8) is 0 Å². The molecular weight excluding hydrogens is 264 g/mol. The average Bonchev–Trinajstić information content (AvgIpc) is 2.17. The Labute approximate surface area is 119 Å². The molecule has 4 nitrogen and oxygen atoms in total. The summed E-state index contributed by atoms with van der Waals surface area (Å²) in [6.45, 7) is 9.20. The second-order valence-corrected chi connectivity index (χ2v) is 6.40. The maximum absolute atomic E-state index is 11.8. The molecular formula is C14H21ClN2O2. The van der Waals surface area contributed by atoms with E-state index < -0.39 is 17.2 Å². The van der Waals surface area contributed by atoms with Gasteiger partial charge in [0.1, 0.15) is 5.60 Å². The van der Waals surface area contributed by atoms with E-state index in [1.165, 1.54) is 0 Å². The van der Waals surface area contributed by atoms with Crippen LogP contribution in [0.4, 0.5) is 10.5 Å². The van der Waals surface area contributed by atoms with Crippen LogP contribution in [0.3, 0.4) is 0 Å². The smallest absolute Gasteiger partial charge is 0.408 e. The minimum atomic E-state index is -0.598. The number of rotatable bonds is 2. The van der Waals surface area contributed by atoms with Crippen LogP contribution in [0.1, 0.15) is 40.2 Å². The summed E-state index contributed by atoms with van der Waals surface area (Å²) < 4.78 is 5.24. The number of anilines is 1. The van der Waals surface area contributed by atoms with Crippen molar-refractivity contribution in [2.75, 3.05) is 5.73 Å². The fourth-order valence-electron chi connectivity index (χ4n) is 1.55. The third-order valence-electron chi connectivity index (χ3n) is 2.54. The van der Waals surface area contributed by atoms with E-state index in [9.17, 15) is 4.79 Å². The number of halogens is 1. The third kappa shape index (κ3) is 4.63. The molecule has 5 heteroatoms. The number of nitrogen functional groups attached to an aromatic ring is 1. The molecule has 0 spiro atoms. The lowest BCUT2D eigenvalue weighted by molar-refractivity contribution is 0.0470. The number of benzene rings is 1. The maximum atomic E-state index is 11.8. The highest BCUT2D eigenvalue weighted by Crippen LogP contribution is 2.27. The van der Waals surface area contributed by atoms with Crippen molar-refractivity contribution in [1.82, 2.24) is 5.32 Å². The molecule has 0 fully saturated rings. The van der Waals surface area contributed by atoms with Crippen molar-refractivity contribution in [2.24, 2.45) is 0 Å². The lowest BCUT2D eigenvalue weighted by atomic mass is 9.94. The molecule has 0 aliphatic carbocycles. The summed E-state index contributed by atoms with van der Waals surface area (Å²) >= 11 is 5.99. The van der Waals surface area contributed by atoms with Gasteiger partial charge in [-0.15, -0.1) is 0 Å². The molecule has 0 saturated carbocycles. The lowest BCUT2D eigenvalue weighted by Crippen LogP contribution is -2.43. The zero-order valence-electron chi connectivity index (χ0n) is 12.0. The number of amides is 1. The maximum Gasteiger partial charge on any atom is 0.408 e. The highest BCUT2D eigenvalue weighted by molar-refractivity contribution is 6.33. The van der Waals surface area contributed by atoms with Gasteiger partial charge < -0.3 is 15.8 Å². The zero-order chi connectivity index (χ0) is 14.8. The van der Waals surface area contributed by atoms with Crippen LogP contribution in [0.25, 0.3) is 0 Å². The molecule has 19 heavy (non-hydrogen) atoms. The fraction of sp³-hybridized carbons (Fsp3) is 0.500. The Morgan fingerprint density at radius 2 is 1.84 bits per heavy atom. The molecule has 0 unspecified atom stereocenters. The summed E-state index contributed by atoms with van der Waals surface area (Å²) in [4.78, 5) is 11.8. The molecule has 0 atom stereocenters. The molecule has 1 aromatic rings. The highest BCUT2D eigenvalue weighted by Gasteiger charge is 2.26. The molecule has 106 valence electrons. The number of carbonyl (C=O) groups excluding carboxylic acids is 1. The monoisotopic (exact) mass is 284 g/mol. The van der Waals surface area contributed by atoms with Crippen LogP contribution in [0.15, 0.2) is 18.2 Å². The van der Waals surface area contributed by atoms with Gasteiger partial charge in [0, 0.05) is 0 Å². The van der Waals surface area contributed by atoms with Gasteiger partial charge in [0.2, 0.25) is 0 Å². The summed E-state index contributed by atoms with van der Waals surface area (Å²) in [5.41, 5.74) is 5.92. The van der Waals surface area contributed by atoms with Crippen LogP contribution in [-0.2, 0) is 10.3 Å². The Hall–Kier alpha value is -1.42. The minimum Gasteiger partial charge on any atom is -0.444 e. The van der Waals surface area contributed by atoms with Crippen molar-refractivity contribution in [3.8, 4) is 0 Å². The van der Waals surface area contributed by atoms with Crippen LogP contribution in [0.5, 0.6) is 0 Å². The molecule has 0 bridgehead atoms. The largest absolute Gasteiger partial charge is 0.444 e. The van der Waals surface area contributed by atoms with E-state index in [1.54, 1.807) is 12.1 Å². The zero-order valence-corrected chi connectivity index (χ0v) is 12.8. The molecule has 0 saturated heterocycles. The molecule has 1 aromatic carbocycles. The van der Waals surface area contributed by atoms with E-state index in [0.717, 1.165) is 5.56 Å². The number of hydrogen-bond donors (Lipinski definition) is 2. The first kappa shape index (κ1) is 15.6. The quantitative estimate of drug-likeness (QED) is 0.814. The second kappa shape index (κ2) is 5.29. The van der Waals surface area contributed by atoms with Gasteiger partial charge in [0.15, 0.2) is 0 Å². The standard InChI is InChI=1S/C14H21ClN2O2/c1-13(2,3)19-12(18)17-14(4,5)9-6-7-11(16)10(15)8-9/h6-8H,16H2,1-5H3,(H,17,18). The number of nitrogens with two attached hydrogens (primary N) is 1. The molecule has 0 aliphatic rings. The summed E-state index contributed by atoms with van der Waals surface area (Å²) in [6, 6.07) is 5.29. The Kier molecular flexibility index (Phi) is 4.35. The van der Waals surface area contributed by atoms with E-state index in [4.69, 9.17) is 22.1 Å². The Bertz CT molecular complexity index is 479. The molecule has 0 aromatic heterocycles. The number of nitrogens with one attached hydrogen (secondary N) is 1. The molecule has 3 N–H and O–H groups in total. The predicted octanol–water partition coefficient (Wildman–Crippen LogP) is 3.68. The third-order valence-corrected chi connectivity index (χ3v) is 2.86. The van der Waals surface area contributed by atoms with Crippen molar-refractivity contribution in [1.29, 1.82) is 0 Å². The first-order valence-corrected chi connectivity index (χ1v) is 6.46. The summed E-state index contributed by atoms with van der Waals surface area (Å²) in [5, 5.41) is 3.28. The van der Waals surface area contributed by atoms with Crippen LogP contribution in [-0.4, -0.2) is 11.7 Å². The van der Waals surface area contributed by atoms with Gasteiger partial charge in [-0.3, -0.25) is 0 Å². The molecule has 1 rings (SSSR count). The van der Waals surface area contributed by atoms with E-state index in [1.807, 2.05) is 40.7 Å². The molecule has 1 amide bonds. The van der Waals surface area contributed by atoms with E-state index >= 15 is 0 Å². The summed E-state index contributed by atoms with van der Waals surface area (Å²) in [5.74, 6) is 0. The number of carbonyl (C=O) groups is 1. The molecule has 0 aliphatic heterocycles. The van der Waals surface area contributed by atoms with Crippen LogP contribution >= 0.6 is 11.6 Å². The SMILES string of the molecule is CC(C)(C)OC(=O)NC(C)(C)c1ccc(N)c(Cl)c1. The number of ether oxygens (including phenoxy) is 1. The first-order chi connectivity index (χ1) is 8.51. The molecule has 0 radical (unpaired) electrons. The van der Waals surface area contributed by atoms with Gasteiger partial charge in [-0.25, -0.2) is 4.79 Å². The first-order valence-electron chi connectivity index (χ1n) is 6.08. The Morgan fingerprint density at radius 3 is 2.32 bits per heavy atom. The average molecular weight is 285 g/mol. The van der Waals surface area contributed by atoms with Crippen LogP contribution in [0.2, 0.25) is 5.02 Å². The second-order valence-electron chi connectivity index (χ2n) is 5.99. The molecule has 0 heterocycles. The van der Waals surface area contributed by atoms with Crippen molar-refractivity contribution < 1.29 is 9.53 Å². The van der Waals surface area contributed by atoms with Crippen molar-refractivity contribution in [3.05, 3.63) is 28.8 Å². The normalized spacial score (nSPS) is 12.1. The minimum absolute atomic E-state index is 0.467. The van der Waals surface area contributed by atoms with E-state index in [0.29, 0.717) is 10.7 Å². The van der Waals surface area contributed by atoms with Crippen molar-refractivity contribution >= 4 is 23.4 Å². The van der Waals surface area contributed by atoms with Crippen LogP contribution < -0.4 is 11.1 Å². The van der Waals surface area contributed by atoms with Gasteiger partial charge in [0.25, 0.3) is 0 Å². The van der Waals surface area contributed by atoms with Crippen molar-refractivity contribution in [2.45, 2.75) is 45.8 Å². The van der Waals surface area contributed by atoms with Gasteiger partial charge >= 0.3 is 6.09 Å². The van der Waals surface area contributed by atoms with E-state index in [-0.39, 0.29) is 0 Å². The number of hydrogen-bond acceptors (Lipinski definition) is 3. The van der Waals surface area contributed by atoms with Gasteiger partial charge in [-0.05, 0) is 52.3 Å². The highest BCUT2D eigenvalue weighted by atomic mass is 35.5. The Morgan fingerprint density at radius 1 is 1.26 bits per heavy atom. The van der Waals surface area contributed by atoms with E-state index in [2.05, 4.69) is 5.32 Å². The van der Waals surface area contributed by atoms with Gasteiger partial charge in [-0.1, -0.05) is 17.7 Å². The number of alkyl carbamates (subject to hydrolysis) is 1. The van der Waals surface area contributed by atoms with Gasteiger partial charge in [0.05, 0.1) is 16.2 Å².